The monoisotopic (exact) mass is 410 g/mol. The Labute approximate surface area is 163 Å². The maximum absolute atomic E-state index is 12.9. The highest BCUT2D eigenvalue weighted by atomic mass is 32.2. The van der Waals surface area contributed by atoms with Crippen molar-refractivity contribution in [3.05, 3.63) is 41.8 Å². The van der Waals surface area contributed by atoms with Crippen LogP contribution in [0.2, 0.25) is 0 Å². The molecule has 152 valence electrons. The number of halogens is 1. The molecular weight excluding hydrogens is 387 g/mol. The van der Waals surface area contributed by atoms with Gasteiger partial charge in [0.15, 0.2) is 15.7 Å². The first-order chi connectivity index (χ1) is 13.4. The zero-order chi connectivity index (χ0) is 20.0. The maximum Gasteiger partial charge on any atom is 0.315 e. The summed E-state index contributed by atoms with van der Waals surface area (Å²) in [4.78, 5) is 18.4. The second kappa shape index (κ2) is 9.24. The predicted octanol–water partition coefficient (Wildman–Crippen LogP) is 1.44. The van der Waals surface area contributed by atoms with Crippen molar-refractivity contribution in [2.45, 2.75) is 30.6 Å². The Balaban J connectivity index is 1.45. The standard InChI is InChI=1S/C18H23FN4O4S/c19-14-4-6-15(7-5-14)28(25,26)13-8-16-21-18(27-22-16)17(24)20-9-3-12-23-10-1-2-11-23/h4-7H,1-3,8-13H2,(H,20,24). The largest absolute Gasteiger partial charge is 0.348 e. The van der Waals surface area contributed by atoms with Gasteiger partial charge in [0.05, 0.1) is 10.6 Å². The van der Waals surface area contributed by atoms with Gasteiger partial charge in [-0.3, -0.25) is 4.79 Å². The van der Waals surface area contributed by atoms with E-state index in [4.69, 9.17) is 4.52 Å². The van der Waals surface area contributed by atoms with Gasteiger partial charge in [-0.2, -0.15) is 4.98 Å². The minimum atomic E-state index is -3.61. The number of aryl methyl sites for hydroxylation is 1. The number of aromatic nitrogens is 2. The molecule has 0 radical (unpaired) electrons. The Hall–Kier alpha value is -2.33. The van der Waals surface area contributed by atoms with Crippen LogP contribution in [0.25, 0.3) is 0 Å². The van der Waals surface area contributed by atoms with Crippen molar-refractivity contribution in [1.29, 1.82) is 0 Å². The SMILES string of the molecule is O=C(NCCCN1CCCC1)c1nc(CCS(=O)(=O)c2ccc(F)cc2)no1. The zero-order valence-corrected chi connectivity index (χ0v) is 16.3. The first-order valence-electron chi connectivity index (χ1n) is 9.25. The summed E-state index contributed by atoms with van der Waals surface area (Å²) in [6.45, 7) is 3.67. The lowest BCUT2D eigenvalue weighted by atomic mass is 10.4. The highest BCUT2D eigenvalue weighted by Gasteiger charge is 2.19. The summed E-state index contributed by atoms with van der Waals surface area (Å²) in [6.07, 6.45) is 3.29. The van der Waals surface area contributed by atoms with Crippen LogP contribution in [-0.4, -0.2) is 61.3 Å². The normalized spacial score (nSPS) is 15.0. The fraction of sp³-hybridized carbons (Fsp3) is 0.500. The Morgan fingerprint density at radius 1 is 1.21 bits per heavy atom. The second-order valence-corrected chi connectivity index (χ2v) is 8.81. The van der Waals surface area contributed by atoms with E-state index in [2.05, 4.69) is 20.4 Å². The van der Waals surface area contributed by atoms with E-state index < -0.39 is 21.6 Å². The summed E-state index contributed by atoms with van der Waals surface area (Å²) in [5.74, 6) is -1.30. The summed E-state index contributed by atoms with van der Waals surface area (Å²) in [7, 11) is -3.61. The number of sulfone groups is 1. The van der Waals surface area contributed by atoms with Gasteiger partial charge in [0.1, 0.15) is 5.82 Å². The summed E-state index contributed by atoms with van der Waals surface area (Å²) in [6, 6.07) is 4.60. The van der Waals surface area contributed by atoms with Gasteiger partial charge >= 0.3 is 11.8 Å². The molecule has 28 heavy (non-hydrogen) atoms. The van der Waals surface area contributed by atoms with E-state index in [1.54, 1.807) is 0 Å². The van der Waals surface area contributed by atoms with Crippen molar-refractivity contribution in [2.24, 2.45) is 0 Å². The molecule has 0 aliphatic carbocycles. The number of amides is 1. The predicted molar refractivity (Wildman–Crippen MR) is 99.1 cm³/mol. The average Bonchev–Trinajstić information content (AvgIpc) is 3.36. The number of likely N-dealkylation sites (tertiary alicyclic amines) is 1. The van der Waals surface area contributed by atoms with E-state index in [0.717, 1.165) is 38.2 Å². The average molecular weight is 410 g/mol. The molecule has 0 atom stereocenters. The molecule has 1 N–H and O–H groups in total. The van der Waals surface area contributed by atoms with Gasteiger partial charge in [0, 0.05) is 13.0 Å². The third kappa shape index (κ3) is 5.59. The highest BCUT2D eigenvalue weighted by Crippen LogP contribution is 2.13. The third-order valence-electron chi connectivity index (χ3n) is 4.56. The fourth-order valence-corrected chi connectivity index (χ4v) is 4.26. The second-order valence-electron chi connectivity index (χ2n) is 6.70. The van der Waals surface area contributed by atoms with Crippen LogP contribution in [0.1, 0.15) is 35.8 Å². The van der Waals surface area contributed by atoms with Crippen molar-refractivity contribution < 1.29 is 22.1 Å². The first-order valence-corrected chi connectivity index (χ1v) is 10.9. The van der Waals surface area contributed by atoms with E-state index in [0.29, 0.717) is 6.54 Å². The number of nitrogens with zero attached hydrogens (tertiary/aromatic N) is 3. The molecule has 10 heteroatoms. The molecule has 8 nitrogen and oxygen atoms in total. The third-order valence-corrected chi connectivity index (χ3v) is 6.30. The lowest BCUT2D eigenvalue weighted by molar-refractivity contribution is 0.0908. The van der Waals surface area contributed by atoms with E-state index in [9.17, 15) is 17.6 Å². The van der Waals surface area contributed by atoms with Crippen molar-refractivity contribution in [3.63, 3.8) is 0 Å². The maximum atomic E-state index is 12.9. The van der Waals surface area contributed by atoms with E-state index in [1.165, 1.54) is 25.0 Å². The molecule has 3 rings (SSSR count). The summed E-state index contributed by atoms with van der Waals surface area (Å²) < 4.78 is 42.3. The Bertz CT molecular complexity index is 893. The van der Waals surface area contributed by atoms with Crippen molar-refractivity contribution in [1.82, 2.24) is 20.4 Å². The van der Waals surface area contributed by atoms with E-state index in [-0.39, 0.29) is 28.8 Å². The molecule has 0 bridgehead atoms. The number of benzene rings is 1. The summed E-state index contributed by atoms with van der Waals surface area (Å²) in [5.41, 5.74) is 0. The van der Waals surface area contributed by atoms with Crippen molar-refractivity contribution in [3.8, 4) is 0 Å². The fourth-order valence-electron chi connectivity index (χ4n) is 3.02. The number of rotatable bonds is 9. The van der Waals surface area contributed by atoms with E-state index in [1.807, 2.05) is 0 Å². The Morgan fingerprint density at radius 2 is 1.93 bits per heavy atom. The van der Waals surface area contributed by atoms with Crippen LogP contribution in [0.5, 0.6) is 0 Å². The Kier molecular flexibility index (Phi) is 6.74. The van der Waals surface area contributed by atoms with Gasteiger partial charge in [-0.15, -0.1) is 0 Å². The lowest BCUT2D eigenvalue weighted by Gasteiger charge is -2.13. The lowest BCUT2D eigenvalue weighted by Crippen LogP contribution is -2.28. The molecule has 2 aromatic rings. The number of nitrogens with one attached hydrogen (secondary N) is 1. The van der Waals surface area contributed by atoms with Gasteiger partial charge in [0.25, 0.3) is 0 Å². The van der Waals surface area contributed by atoms with Gasteiger partial charge in [0.2, 0.25) is 0 Å². The van der Waals surface area contributed by atoms with Crippen LogP contribution >= 0.6 is 0 Å². The number of hydrogen-bond donors (Lipinski definition) is 1. The minimum absolute atomic E-state index is 0.00848. The molecule has 1 aliphatic heterocycles. The van der Waals surface area contributed by atoms with Gasteiger partial charge in [-0.05, 0) is 63.2 Å². The molecule has 1 fully saturated rings. The zero-order valence-electron chi connectivity index (χ0n) is 15.4. The topological polar surface area (TPSA) is 105 Å². The van der Waals surface area contributed by atoms with Crippen LogP contribution in [0.15, 0.2) is 33.7 Å². The number of carbonyl (C=O) groups is 1. The van der Waals surface area contributed by atoms with Gasteiger partial charge < -0.3 is 14.7 Å². The molecule has 2 heterocycles. The quantitative estimate of drug-likeness (QED) is 0.493. The van der Waals surface area contributed by atoms with Crippen LogP contribution in [0, 0.1) is 5.82 Å². The molecule has 0 saturated carbocycles. The first kappa shape index (κ1) is 20.4. The van der Waals surface area contributed by atoms with Crippen LogP contribution in [0.4, 0.5) is 4.39 Å². The molecule has 1 amide bonds. The number of hydrogen-bond acceptors (Lipinski definition) is 7. The van der Waals surface area contributed by atoms with Crippen LogP contribution < -0.4 is 5.32 Å². The minimum Gasteiger partial charge on any atom is -0.348 e. The van der Waals surface area contributed by atoms with Crippen LogP contribution in [0.3, 0.4) is 0 Å². The molecule has 0 unspecified atom stereocenters. The summed E-state index contributed by atoms with van der Waals surface area (Å²) in [5, 5.41) is 6.38. The molecule has 1 saturated heterocycles. The van der Waals surface area contributed by atoms with Crippen LogP contribution in [-0.2, 0) is 16.3 Å². The summed E-state index contributed by atoms with van der Waals surface area (Å²) >= 11 is 0. The van der Waals surface area contributed by atoms with Crippen molar-refractivity contribution >= 4 is 15.7 Å². The molecule has 1 aromatic heterocycles. The van der Waals surface area contributed by atoms with Gasteiger partial charge in [-0.1, -0.05) is 5.16 Å². The highest BCUT2D eigenvalue weighted by molar-refractivity contribution is 7.91. The molecule has 1 aromatic carbocycles. The van der Waals surface area contributed by atoms with E-state index >= 15 is 0 Å². The smallest absolute Gasteiger partial charge is 0.315 e. The Morgan fingerprint density at radius 3 is 2.64 bits per heavy atom. The van der Waals surface area contributed by atoms with Crippen molar-refractivity contribution in [2.75, 3.05) is 31.9 Å². The molecule has 1 aliphatic rings. The molecular formula is C18H23FN4O4S. The van der Waals surface area contributed by atoms with Gasteiger partial charge in [-0.25, -0.2) is 12.8 Å². The molecule has 0 spiro atoms. The number of carbonyl (C=O) groups excluding carboxylic acids is 1.